The number of hydrogen-bond acceptors (Lipinski definition) is 6. The summed E-state index contributed by atoms with van der Waals surface area (Å²) in [5.41, 5.74) is 0. The SMILES string of the molecule is CO.CO.CO.C[O-].C[O-].C[O-].[U+3]. The number of rotatable bonds is 0. The molecule has 0 spiro atoms. The molecule has 0 saturated heterocycles. The standard InChI is InChI=1S/3CH4O.3CH3O.U/c6*1-2;/h3*2H,1H3;3*1H3;/q;;;3*-1;+3. The van der Waals surface area contributed by atoms with Crippen LogP contribution >= 0.6 is 0 Å². The number of aliphatic hydroxyl groups is 3. The van der Waals surface area contributed by atoms with Crippen molar-refractivity contribution < 1.29 is 61.8 Å². The summed E-state index contributed by atoms with van der Waals surface area (Å²) >= 11 is 0. The fraction of sp³-hybridized carbons (Fsp3) is 1.00. The third-order valence-corrected chi connectivity index (χ3v) is 0. The van der Waals surface area contributed by atoms with E-state index in [1.807, 2.05) is 0 Å². The molecule has 1 radical (unpaired) electrons. The number of hydrogen-bond donors (Lipinski definition) is 3. The maximum atomic E-state index is 8.25. The molecular formula is C6H21O6U. The quantitative estimate of drug-likeness (QED) is 0.359. The van der Waals surface area contributed by atoms with Crippen molar-refractivity contribution in [1.29, 1.82) is 0 Å². The Morgan fingerprint density at radius 3 is 0.462 bits per heavy atom. The molecule has 7 heteroatoms. The van der Waals surface area contributed by atoms with Gasteiger partial charge in [-0.3, -0.25) is 0 Å². The van der Waals surface area contributed by atoms with E-state index in [0.717, 1.165) is 42.7 Å². The molecule has 0 bridgehead atoms. The van der Waals surface area contributed by atoms with Gasteiger partial charge in [0.05, 0.1) is 0 Å². The molecule has 6 nitrogen and oxygen atoms in total. The number of aliphatic hydroxyl groups excluding tert-OH is 3. The van der Waals surface area contributed by atoms with Crippen LogP contribution in [0.15, 0.2) is 0 Å². The summed E-state index contributed by atoms with van der Waals surface area (Å²) in [5, 5.41) is 45.8. The van der Waals surface area contributed by atoms with Crippen molar-refractivity contribution in [3.05, 3.63) is 0 Å². The Hall–Kier alpha value is 0.812. The van der Waals surface area contributed by atoms with Crippen molar-refractivity contribution in [2.45, 2.75) is 0 Å². The Morgan fingerprint density at radius 1 is 0.462 bits per heavy atom. The van der Waals surface area contributed by atoms with E-state index in [1.165, 1.54) is 0 Å². The summed E-state index contributed by atoms with van der Waals surface area (Å²) in [6, 6.07) is 0. The van der Waals surface area contributed by atoms with Crippen LogP contribution in [0.25, 0.3) is 0 Å². The molecule has 0 aromatic carbocycles. The second-order valence-corrected chi connectivity index (χ2v) is 0. The van der Waals surface area contributed by atoms with Crippen LogP contribution < -0.4 is 15.3 Å². The minimum absolute atomic E-state index is 0. The van der Waals surface area contributed by atoms with Crippen LogP contribution in [0.4, 0.5) is 0 Å². The molecule has 0 rings (SSSR count). The van der Waals surface area contributed by atoms with Crippen molar-refractivity contribution >= 4 is 0 Å². The Morgan fingerprint density at radius 2 is 0.462 bits per heavy atom. The van der Waals surface area contributed by atoms with Gasteiger partial charge in [0.2, 0.25) is 0 Å². The normalized spacial score (nSPS) is 2.77. The first-order chi connectivity index (χ1) is 6.00. The van der Waals surface area contributed by atoms with E-state index in [4.69, 9.17) is 30.6 Å². The maximum Gasteiger partial charge on any atom is 3.00 e. The molecule has 0 aromatic heterocycles. The Kier molecular flexibility index (Phi) is 10200. The Labute approximate surface area is 104 Å². The molecule has 0 aliphatic carbocycles. The first kappa shape index (κ1) is 48.9. The smallest absolute Gasteiger partial charge is 0.857 e. The average Bonchev–Trinajstić information content (AvgIpc) is 2.33. The molecule has 85 valence electrons. The van der Waals surface area contributed by atoms with E-state index in [2.05, 4.69) is 0 Å². The van der Waals surface area contributed by atoms with Gasteiger partial charge in [0, 0.05) is 21.3 Å². The minimum Gasteiger partial charge on any atom is -0.857 e. The van der Waals surface area contributed by atoms with Crippen LogP contribution in [-0.4, -0.2) is 58.0 Å². The molecule has 0 aliphatic heterocycles. The van der Waals surface area contributed by atoms with Crippen LogP contribution in [0.2, 0.25) is 0 Å². The zero-order chi connectivity index (χ0) is 12.0. The third-order valence-electron chi connectivity index (χ3n) is 0. The summed E-state index contributed by atoms with van der Waals surface area (Å²) in [6.45, 7) is 0. The summed E-state index contributed by atoms with van der Waals surface area (Å²) in [5.74, 6) is 0. The van der Waals surface area contributed by atoms with Gasteiger partial charge in [-0.15, -0.1) is 0 Å². The van der Waals surface area contributed by atoms with Crippen molar-refractivity contribution in [1.82, 2.24) is 0 Å². The van der Waals surface area contributed by atoms with Crippen LogP contribution in [-0.2, 0) is 0 Å². The van der Waals surface area contributed by atoms with E-state index < -0.39 is 0 Å². The zero-order valence-electron chi connectivity index (χ0n) is 9.07. The second kappa shape index (κ2) is 2710. The zero-order valence-corrected chi connectivity index (χ0v) is 13.2. The van der Waals surface area contributed by atoms with E-state index >= 15 is 0 Å². The van der Waals surface area contributed by atoms with Gasteiger partial charge < -0.3 is 30.6 Å². The molecule has 0 aliphatic rings. The second-order valence-electron chi connectivity index (χ2n) is 0. The monoisotopic (exact) mass is 427 g/mol. The molecule has 0 amide bonds. The van der Waals surface area contributed by atoms with E-state index in [0.29, 0.717) is 0 Å². The first-order valence-corrected chi connectivity index (χ1v) is 2.57. The molecule has 0 fully saturated rings. The Bertz CT molecular complexity index is 17.1. The third kappa shape index (κ3) is 2270. The van der Waals surface area contributed by atoms with Gasteiger partial charge in [0.25, 0.3) is 0 Å². The van der Waals surface area contributed by atoms with Gasteiger partial charge in [0.1, 0.15) is 0 Å². The average molecular weight is 427 g/mol. The Balaban J connectivity index is -0.00000000655. The summed E-state index contributed by atoms with van der Waals surface area (Å²) in [7, 11) is 5.25. The van der Waals surface area contributed by atoms with Gasteiger partial charge in [-0.05, 0) is 0 Å². The van der Waals surface area contributed by atoms with Gasteiger partial charge in [0.15, 0.2) is 0 Å². The minimum atomic E-state index is 0. The van der Waals surface area contributed by atoms with E-state index in [1.54, 1.807) is 0 Å². The molecule has 0 saturated carbocycles. The van der Waals surface area contributed by atoms with E-state index in [9.17, 15) is 0 Å². The molecule has 0 atom stereocenters. The van der Waals surface area contributed by atoms with Crippen molar-refractivity contribution in [2.75, 3.05) is 42.7 Å². The summed E-state index contributed by atoms with van der Waals surface area (Å²) < 4.78 is 0. The van der Waals surface area contributed by atoms with Crippen LogP contribution in [0.3, 0.4) is 0 Å². The molecular weight excluding hydrogens is 406 g/mol. The molecule has 0 aromatic rings. The van der Waals surface area contributed by atoms with Crippen LogP contribution in [0, 0.1) is 31.1 Å². The van der Waals surface area contributed by atoms with Gasteiger partial charge in [-0.25, -0.2) is 0 Å². The van der Waals surface area contributed by atoms with Gasteiger partial charge in [-0.2, -0.15) is 21.3 Å². The van der Waals surface area contributed by atoms with Crippen LogP contribution in [0.1, 0.15) is 0 Å². The van der Waals surface area contributed by atoms with Gasteiger partial charge >= 0.3 is 31.1 Å². The summed E-state index contributed by atoms with van der Waals surface area (Å²) in [4.78, 5) is 0. The molecule has 3 N–H and O–H groups in total. The maximum absolute atomic E-state index is 8.25. The molecule has 0 unspecified atom stereocenters. The predicted molar refractivity (Wildman–Crippen MR) is 42.2 cm³/mol. The van der Waals surface area contributed by atoms with Crippen molar-refractivity contribution in [2.24, 2.45) is 0 Å². The van der Waals surface area contributed by atoms with Crippen molar-refractivity contribution in [3.8, 4) is 0 Å². The topological polar surface area (TPSA) is 130 Å². The summed E-state index contributed by atoms with van der Waals surface area (Å²) in [6.07, 6.45) is 0. The van der Waals surface area contributed by atoms with Crippen LogP contribution in [0.5, 0.6) is 0 Å². The fourth-order valence-corrected chi connectivity index (χ4v) is 0. The molecule has 13 heavy (non-hydrogen) atoms. The van der Waals surface area contributed by atoms with Gasteiger partial charge in [-0.1, -0.05) is 0 Å². The first-order valence-electron chi connectivity index (χ1n) is 2.57. The fourth-order valence-electron chi connectivity index (χ4n) is 0. The van der Waals surface area contributed by atoms with Crippen molar-refractivity contribution in [3.63, 3.8) is 0 Å². The molecule has 0 heterocycles. The van der Waals surface area contributed by atoms with E-state index in [-0.39, 0.29) is 31.1 Å². The largest absolute Gasteiger partial charge is 3.00 e. The predicted octanol–water partition coefficient (Wildman–Crippen LogP) is -4.24.